The van der Waals surface area contributed by atoms with Crippen molar-refractivity contribution in [1.82, 2.24) is 0 Å². The minimum absolute atomic E-state index is 0.120. The first-order valence-corrected chi connectivity index (χ1v) is 10.6. The molecule has 0 aliphatic carbocycles. The Bertz CT molecular complexity index is 677. The van der Waals surface area contributed by atoms with Gasteiger partial charge in [-0.1, -0.05) is 54.6 Å². The fraction of sp³-hybridized carbons (Fsp3) is 0.0526. The van der Waals surface area contributed by atoms with Crippen molar-refractivity contribution in [3.05, 3.63) is 91.0 Å². The molecule has 3 aromatic carbocycles. The number of hydrogen-bond donors (Lipinski definition) is 0. The van der Waals surface area contributed by atoms with Crippen molar-refractivity contribution in [2.75, 3.05) is 0 Å². The zero-order valence-electron chi connectivity index (χ0n) is 12.6. The molecule has 0 bridgehead atoms. The Morgan fingerprint density at radius 3 is 1.08 bits per heavy atom. The standard InChI is InChI=1S/C19H15F3PS/c20-19(21,22)24-23(16-10-4-1-5-11-16,17-12-6-2-7-13-17)18-14-8-3-9-15-18/h1-15H/q+1. The van der Waals surface area contributed by atoms with E-state index in [0.717, 1.165) is 0 Å². The van der Waals surface area contributed by atoms with Crippen LogP contribution in [0, 0.1) is 0 Å². The molecular formula is C19H15F3PS+. The molecular weight excluding hydrogens is 348 g/mol. The number of hydrogen-bond acceptors (Lipinski definition) is 1. The van der Waals surface area contributed by atoms with Crippen LogP contribution in [0.15, 0.2) is 91.0 Å². The summed E-state index contributed by atoms with van der Waals surface area (Å²) >= 11 is 0.120. The molecule has 0 aliphatic heterocycles. The first-order valence-electron chi connectivity index (χ1n) is 7.36. The molecule has 0 radical (unpaired) electrons. The molecule has 5 heteroatoms. The molecule has 0 aliphatic rings. The lowest BCUT2D eigenvalue weighted by Gasteiger charge is -2.26. The lowest BCUT2D eigenvalue weighted by atomic mass is 10.4. The number of halogens is 3. The van der Waals surface area contributed by atoms with Gasteiger partial charge in [0.1, 0.15) is 27.3 Å². The van der Waals surface area contributed by atoms with Crippen LogP contribution in [-0.4, -0.2) is 5.51 Å². The second kappa shape index (κ2) is 7.00. The maximum Gasteiger partial charge on any atom is 0.480 e. The highest BCUT2D eigenvalue weighted by Crippen LogP contribution is 2.71. The normalized spacial score (nSPS) is 12.1. The van der Waals surface area contributed by atoms with Gasteiger partial charge in [0.25, 0.3) is 0 Å². The van der Waals surface area contributed by atoms with Crippen LogP contribution in [0.3, 0.4) is 0 Å². The minimum atomic E-state index is -4.34. The summed E-state index contributed by atoms with van der Waals surface area (Å²) in [7, 11) is 0. The van der Waals surface area contributed by atoms with E-state index in [9.17, 15) is 13.2 Å². The van der Waals surface area contributed by atoms with Gasteiger partial charge < -0.3 is 0 Å². The predicted octanol–water partition coefficient (Wildman–Crippen LogP) is 5.15. The molecule has 0 heterocycles. The van der Waals surface area contributed by atoms with Crippen molar-refractivity contribution < 1.29 is 13.2 Å². The Labute approximate surface area is 143 Å². The van der Waals surface area contributed by atoms with Gasteiger partial charge >= 0.3 is 5.51 Å². The third-order valence-corrected chi connectivity index (χ3v) is 10.5. The van der Waals surface area contributed by atoms with Gasteiger partial charge in [0, 0.05) is 0 Å². The van der Waals surface area contributed by atoms with Gasteiger partial charge in [-0.25, -0.2) is 0 Å². The minimum Gasteiger partial charge on any atom is -0.158 e. The van der Waals surface area contributed by atoms with Crippen LogP contribution < -0.4 is 15.9 Å². The summed E-state index contributed by atoms with van der Waals surface area (Å²) in [6.45, 7) is -2.88. The summed E-state index contributed by atoms with van der Waals surface area (Å²) in [6, 6.07) is 27.1. The molecule has 0 saturated heterocycles. The summed E-state index contributed by atoms with van der Waals surface area (Å²) in [5.41, 5.74) is -4.34. The van der Waals surface area contributed by atoms with Gasteiger partial charge in [0.2, 0.25) is 0 Å². The predicted molar refractivity (Wildman–Crippen MR) is 98.8 cm³/mol. The average Bonchev–Trinajstić information content (AvgIpc) is 2.61. The van der Waals surface area contributed by atoms with Crippen LogP contribution in [0.4, 0.5) is 13.2 Å². The molecule has 0 unspecified atom stereocenters. The summed E-state index contributed by atoms with van der Waals surface area (Å²) < 4.78 is 40.8. The van der Waals surface area contributed by atoms with E-state index in [1.807, 2.05) is 18.2 Å². The molecule has 0 N–H and O–H groups in total. The van der Waals surface area contributed by atoms with Crippen LogP contribution in [-0.2, 0) is 0 Å². The maximum atomic E-state index is 13.6. The van der Waals surface area contributed by atoms with Gasteiger partial charge in [-0.3, -0.25) is 0 Å². The molecule has 122 valence electrons. The number of alkyl halides is 3. The molecule has 0 saturated carbocycles. The molecule has 0 spiro atoms. The first-order chi connectivity index (χ1) is 11.5. The molecule has 24 heavy (non-hydrogen) atoms. The summed E-state index contributed by atoms with van der Waals surface area (Å²) in [5, 5.41) is 2.14. The topological polar surface area (TPSA) is 0 Å². The molecule has 0 amide bonds. The van der Waals surface area contributed by atoms with Crippen molar-refractivity contribution in [3.8, 4) is 0 Å². The second-order valence-electron chi connectivity index (χ2n) is 5.15. The van der Waals surface area contributed by atoms with Gasteiger partial charge in [-0.05, 0) is 36.4 Å². The SMILES string of the molecule is FC(F)(F)S[P+](c1ccccc1)(c1ccccc1)c1ccccc1. The Kier molecular flexibility index (Phi) is 4.98. The van der Waals surface area contributed by atoms with Gasteiger partial charge in [0.15, 0.2) is 6.46 Å². The molecule has 0 aromatic heterocycles. The van der Waals surface area contributed by atoms with Gasteiger partial charge in [-0.2, -0.15) is 13.2 Å². The van der Waals surface area contributed by atoms with Gasteiger partial charge in [0.05, 0.1) is 0 Å². The fourth-order valence-corrected chi connectivity index (χ4v) is 8.95. The molecule has 3 aromatic rings. The Hall–Kier alpha value is -1.77. The van der Waals surface area contributed by atoms with Crippen LogP contribution in [0.1, 0.15) is 0 Å². The summed E-state index contributed by atoms with van der Waals surface area (Å²) in [5.74, 6) is 0. The zero-order valence-corrected chi connectivity index (χ0v) is 14.4. The molecule has 3 rings (SSSR count). The third-order valence-electron chi connectivity index (χ3n) is 3.60. The molecule has 0 atom stereocenters. The zero-order chi connectivity index (χ0) is 17.0. The average molecular weight is 363 g/mol. The number of benzene rings is 3. The highest BCUT2D eigenvalue weighted by atomic mass is 32.7. The lowest BCUT2D eigenvalue weighted by molar-refractivity contribution is -0.0312. The highest BCUT2D eigenvalue weighted by molar-refractivity contribution is 8.69. The van der Waals surface area contributed by atoms with Gasteiger partial charge in [-0.15, -0.1) is 0 Å². The quantitative estimate of drug-likeness (QED) is 0.578. The van der Waals surface area contributed by atoms with E-state index < -0.39 is 12.0 Å². The van der Waals surface area contributed by atoms with Crippen LogP contribution in [0.5, 0.6) is 0 Å². The molecule has 0 fully saturated rings. The fourth-order valence-electron chi connectivity index (χ4n) is 2.67. The van der Waals surface area contributed by atoms with E-state index in [0.29, 0.717) is 15.9 Å². The third kappa shape index (κ3) is 3.50. The Morgan fingerprint density at radius 2 is 0.833 bits per heavy atom. The smallest absolute Gasteiger partial charge is 0.158 e. The summed E-state index contributed by atoms with van der Waals surface area (Å²) in [6.07, 6.45) is 0. The van der Waals surface area contributed by atoms with Crippen molar-refractivity contribution in [3.63, 3.8) is 0 Å². The molecule has 0 nitrogen and oxygen atoms in total. The van der Waals surface area contributed by atoms with E-state index in [2.05, 4.69) is 0 Å². The van der Waals surface area contributed by atoms with E-state index in [1.54, 1.807) is 72.8 Å². The first kappa shape index (κ1) is 17.1. The van der Waals surface area contributed by atoms with E-state index in [4.69, 9.17) is 0 Å². The van der Waals surface area contributed by atoms with Crippen molar-refractivity contribution >= 4 is 33.8 Å². The number of rotatable bonds is 4. The highest BCUT2D eigenvalue weighted by Gasteiger charge is 2.56. The van der Waals surface area contributed by atoms with Crippen LogP contribution in [0.25, 0.3) is 0 Å². The van der Waals surface area contributed by atoms with E-state index >= 15 is 0 Å². The van der Waals surface area contributed by atoms with Crippen LogP contribution >= 0.6 is 17.8 Å². The van der Waals surface area contributed by atoms with Crippen LogP contribution in [0.2, 0.25) is 0 Å². The largest absolute Gasteiger partial charge is 0.480 e. The van der Waals surface area contributed by atoms with Crippen molar-refractivity contribution in [1.29, 1.82) is 0 Å². The van der Waals surface area contributed by atoms with Crippen molar-refractivity contribution in [2.45, 2.75) is 5.51 Å². The van der Waals surface area contributed by atoms with E-state index in [1.165, 1.54) is 0 Å². The monoisotopic (exact) mass is 363 g/mol. The summed E-state index contributed by atoms with van der Waals surface area (Å²) in [4.78, 5) is 0. The second-order valence-corrected chi connectivity index (χ2v) is 10.8. The van der Waals surface area contributed by atoms with E-state index in [-0.39, 0.29) is 11.4 Å². The lowest BCUT2D eigenvalue weighted by Crippen LogP contribution is -2.30. The Balaban J connectivity index is 2.33. The van der Waals surface area contributed by atoms with Crippen molar-refractivity contribution in [2.24, 2.45) is 0 Å². The maximum absolute atomic E-state index is 13.6. The Morgan fingerprint density at radius 1 is 0.542 bits per heavy atom.